The monoisotopic (exact) mass is 362 g/mol. The maximum atomic E-state index is 12.3. The zero-order valence-electron chi connectivity index (χ0n) is 12.3. The number of halogens is 2. The van der Waals surface area contributed by atoms with Crippen LogP contribution in [0, 0.1) is 0 Å². The SMILES string of the molecule is O=C(Nc1ccc(-c2nccs2)cc1)c1ccc(SC(F)F)cc1. The van der Waals surface area contributed by atoms with Crippen molar-refractivity contribution in [2.24, 2.45) is 0 Å². The van der Waals surface area contributed by atoms with Crippen LogP contribution in [-0.2, 0) is 0 Å². The highest BCUT2D eigenvalue weighted by Gasteiger charge is 2.09. The van der Waals surface area contributed by atoms with Gasteiger partial charge in [-0.15, -0.1) is 11.3 Å². The standard InChI is InChI=1S/C17H12F2N2OS2/c18-17(19)24-14-7-3-11(4-8-14)15(22)21-13-5-1-12(2-6-13)16-20-9-10-23-16/h1-10,17H,(H,21,22). The number of alkyl halides is 2. The summed E-state index contributed by atoms with van der Waals surface area (Å²) < 4.78 is 24.6. The van der Waals surface area contributed by atoms with E-state index in [1.807, 2.05) is 17.5 Å². The third-order valence-electron chi connectivity index (χ3n) is 3.16. The largest absolute Gasteiger partial charge is 0.322 e. The quantitative estimate of drug-likeness (QED) is 0.620. The molecular weight excluding hydrogens is 350 g/mol. The average molecular weight is 362 g/mol. The second kappa shape index (κ2) is 7.55. The van der Waals surface area contributed by atoms with Crippen LogP contribution in [0.4, 0.5) is 14.5 Å². The number of carbonyl (C=O) groups is 1. The van der Waals surface area contributed by atoms with Gasteiger partial charge in [0.25, 0.3) is 11.7 Å². The third-order valence-corrected chi connectivity index (χ3v) is 4.71. The van der Waals surface area contributed by atoms with Crippen molar-refractivity contribution in [1.29, 1.82) is 0 Å². The summed E-state index contributed by atoms with van der Waals surface area (Å²) in [4.78, 5) is 16.8. The summed E-state index contributed by atoms with van der Waals surface area (Å²) in [5.74, 6) is -2.76. The van der Waals surface area contributed by atoms with Gasteiger partial charge in [-0.2, -0.15) is 8.78 Å². The molecule has 0 saturated carbocycles. The summed E-state index contributed by atoms with van der Waals surface area (Å²) in [5.41, 5.74) is 2.06. The molecule has 0 unspecified atom stereocenters. The first kappa shape index (κ1) is 16.6. The summed E-state index contributed by atoms with van der Waals surface area (Å²) in [6.07, 6.45) is 1.74. The molecule has 1 N–H and O–H groups in total. The molecule has 3 aromatic rings. The molecule has 0 saturated heterocycles. The Kier molecular flexibility index (Phi) is 5.22. The number of aromatic nitrogens is 1. The number of benzene rings is 2. The van der Waals surface area contributed by atoms with Crippen LogP contribution in [0.3, 0.4) is 0 Å². The summed E-state index contributed by atoms with van der Waals surface area (Å²) in [7, 11) is 0. The number of amides is 1. The van der Waals surface area contributed by atoms with Gasteiger partial charge in [-0.25, -0.2) is 4.98 Å². The number of anilines is 1. The fraction of sp³-hybridized carbons (Fsp3) is 0.0588. The van der Waals surface area contributed by atoms with Crippen LogP contribution in [0.2, 0.25) is 0 Å². The molecule has 0 fully saturated rings. The molecule has 0 atom stereocenters. The Hall–Kier alpha value is -2.25. The van der Waals surface area contributed by atoms with Crippen LogP contribution in [0.5, 0.6) is 0 Å². The lowest BCUT2D eigenvalue weighted by Crippen LogP contribution is -2.11. The number of nitrogens with zero attached hydrogens (tertiary/aromatic N) is 1. The van der Waals surface area contributed by atoms with Gasteiger partial charge < -0.3 is 5.32 Å². The molecule has 3 nitrogen and oxygen atoms in total. The van der Waals surface area contributed by atoms with E-state index in [9.17, 15) is 13.6 Å². The first-order valence-electron chi connectivity index (χ1n) is 6.98. The number of carbonyl (C=O) groups excluding carboxylic acids is 1. The molecule has 1 heterocycles. The van der Waals surface area contributed by atoms with E-state index >= 15 is 0 Å². The van der Waals surface area contributed by atoms with Gasteiger partial charge in [-0.1, -0.05) is 11.8 Å². The average Bonchev–Trinajstić information content (AvgIpc) is 3.10. The molecule has 24 heavy (non-hydrogen) atoms. The Bertz CT molecular complexity index is 804. The number of thiazole rings is 1. The van der Waals surface area contributed by atoms with Crippen molar-refractivity contribution in [2.45, 2.75) is 10.7 Å². The number of hydrogen-bond acceptors (Lipinski definition) is 4. The van der Waals surface area contributed by atoms with E-state index in [2.05, 4.69) is 10.3 Å². The molecule has 3 rings (SSSR count). The van der Waals surface area contributed by atoms with E-state index in [1.54, 1.807) is 29.7 Å². The Morgan fingerprint density at radius 1 is 1.08 bits per heavy atom. The van der Waals surface area contributed by atoms with Crippen LogP contribution in [0.25, 0.3) is 10.6 Å². The van der Waals surface area contributed by atoms with Crippen LogP contribution >= 0.6 is 23.1 Å². The highest BCUT2D eigenvalue weighted by atomic mass is 32.2. The Balaban J connectivity index is 1.66. The van der Waals surface area contributed by atoms with E-state index in [0.29, 0.717) is 27.9 Å². The number of hydrogen-bond donors (Lipinski definition) is 1. The maximum Gasteiger partial charge on any atom is 0.288 e. The highest BCUT2D eigenvalue weighted by Crippen LogP contribution is 2.26. The zero-order valence-corrected chi connectivity index (χ0v) is 13.9. The predicted octanol–water partition coefficient (Wildman–Crippen LogP) is 5.38. The minimum atomic E-state index is -2.47. The zero-order chi connectivity index (χ0) is 16.9. The second-order valence-corrected chi connectivity index (χ2v) is 6.73. The summed E-state index contributed by atoms with van der Waals surface area (Å²) in [6.45, 7) is 0. The van der Waals surface area contributed by atoms with Gasteiger partial charge in [0.15, 0.2) is 0 Å². The number of thioether (sulfide) groups is 1. The number of rotatable bonds is 5. The number of nitrogens with one attached hydrogen (secondary N) is 1. The molecule has 1 aromatic heterocycles. The van der Waals surface area contributed by atoms with Crippen LogP contribution in [-0.4, -0.2) is 16.6 Å². The molecule has 122 valence electrons. The van der Waals surface area contributed by atoms with Crippen molar-refractivity contribution in [3.05, 3.63) is 65.7 Å². The van der Waals surface area contributed by atoms with Crippen molar-refractivity contribution >= 4 is 34.7 Å². The Morgan fingerprint density at radius 3 is 2.38 bits per heavy atom. The first-order valence-corrected chi connectivity index (χ1v) is 8.74. The van der Waals surface area contributed by atoms with Gasteiger partial charge in [0.2, 0.25) is 0 Å². The Labute approximate surface area is 145 Å². The minimum Gasteiger partial charge on any atom is -0.322 e. The van der Waals surface area contributed by atoms with Crippen molar-refractivity contribution in [3.63, 3.8) is 0 Å². The lowest BCUT2D eigenvalue weighted by atomic mass is 10.2. The summed E-state index contributed by atoms with van der Waals surface area (Å²) in [5, 5.41) is 5.60. The maximum absolute atomic E-state index is 12.3. The van der Waals surface area contributed by atoms with Crippen molar-refractivity contribution in [3.8, 4) is 10.6 Å². The molecule has 2 aromatic carbocycles. The highest BCUT2D eigenvalue weighted by molar-refractivity contribution is 7.99. The lowest BCUT2D eigenvalue weighted by molar-refractivity contribution is 0.102. The molecule has 0 spiro atoms. The van der Waals surface area contributed by atoms with Gasteiger partial charge in [0.1, 0.15) is 5.01 Å². The van der Waals surface area contributed by atoms with E-state index in [4.69, 9.17) is 0 Å². The van der Waals surface area contributed by atoms with Crippen LogP contribution in [0.1, 0.15) is 10.4 Å². The van der Waals surface area contributed by atoms with Gasteiger partial charge in [-0.05, 0) is 48.5 Å². The second-order valence-electron chi connectivity index (χ2n) is 4.77. The van der Waals surface area contributed by atoms with E-state index in [1.165, 1.54) is 24.3 Å². The topological polar surface area (TPSA) is 42.0 Å². The fourth-order valence-electron chi connectivity index (χ4n) is 2.05. The van der Waals surface area contributed by atoms with Gasteiger partial charge >= 0.3 is 0 Å². The van der Waals surface area contributed by atoms with Crippen molar-refractivity contribution < 1.29 is 13.6 Å². The van der Waals surface area contributed by atoms with Crippen LogP contribution in [0.15, 0.2) is 65.0 Å². The summed E-state index contributed by atoms with van der Waals surface area (Å²) in [6, 6.07) is 13.5. The lowest BCUT2D eigenvalue weighted by Gasteiger charge is -2.07. The van der Waals surface area contributed by atoms with Crippen molar-refractivity contribution in [1.82, 2.24) is 4.98 Å². The molecule has 7 heteroatoms. The molecule has 0 aliphatic carbocycles. The molecule has 0 radical (unpaired) electrons. The van der Waals surface area contributed by atoms with Gasteiger partial charge in [0, 0.05) is 33.3 Å². The molecule has 0 bridgehead atoms. The van der Waals surface area contributed by atoms with Crippen LogP contribution < -0.4 is 5.32 Å². The van der Waals surface area contributed by atoms with Crippen molar-refractivity contribution in [2.75, 3.05) is 5.32 Å². The van der Waals surface area contributed by atoms with E-state index in [-0.39, 0.29) is 5.91 Å². The van der Waals surface area contributed by atoms with E-state index in [0.717, 1.165) is 10.6 Å². The first-order chi connectivity index (χ1) is 11.6. The molecular formula is C17H12F2N2OS2. The molecule has 0 aliphatic rings. The Morgan fingerprint density at radius 2 is 1.79 bits per heavy atom. The minimum absolute atomic E-state index is 0.286. The summed E-state index contributed by atoms with van der Waals surface area (Å²) >= 11 is 2.00. The third kappa shape index (κ3) is 4.18. The van der Waals surface area contributed by atoms with Gasteiger partial charge in [0.05, 0.1) is 0 Å². The normalized spacial score (nSPS) is 10.8. The molecule has 1 amide bonds. The molecule has 0 aliphatic heterocycles. The van der Waals surface area contributed by atoms with E-state index < -0.39 is 5.76 Å². The fourth-order valence-corrected chi connectivity index (χ4v) is 3.20. The predicted molar refractivity (Wildman–Crippen MR) is 93.8 cm³/mol. The van der Waals surface area contributed by atoms with Gasteiger partial charge in [-0.3, -0.25) is 4.79 Å². The smallest absolute Gasteiger partial charge is 0.288 e.